The highest BCUT2D eigenvalue weighted by Crippen LogP contribution is 2.11. The van der Waals surface area contributed by atoms with Gasteiger partial charge in [-0.15, -0.1) is 10.2 Å². The fourth-order valence-corrected chi connectivity index (χ4v) is 0.841. The number of hydrogen-bond acceptors (Lipinski definition) is 5. The molecule has 1 saturated heterocycles. The summed E-state index contributed by atoms with van der Waals surface area (Å²) in [7, 11) is 0. The van der Waals surface area contributed by atoms with E-state index < -0.39 is 6.09 Å². The van der Waals surface area contributed by atoms with Crippen LogP contribution in [-0.2, 0) is 4.74 Å². The molecule has 1 aromatic heterocycles. The Morgan fingerprint density at radius 1 is 1.64 bits per heavy atom. The highest BCUT2D eigenvalue weighted by molar-refractivity contribution is 5.69. The number of carbonyl (C=O) groups excluding carboxylic acids is 1. The summed E-state index contributed by atoms with van der Waals surface area (Å²) >= 11 is 0. The zero-order chi connectivity index (χ0) is 7.68. The van der Waals surface area contributed by atoms with E-state index in [0.29, 0.717) is 5.82 Å². The molecule has 2 heterocycles. The van der Waals surface area contributed by atoms with Gasteiger partial charge in [0.05, 0.1) is 0 Å². The lowest BCUT2D eigenvalue weighted by Gasteiger charge is -1.96. The van der Waals surface area contributed by atoms with E-state index in [2.05, 4.69) is 30.7 Å². The first-order valence-corrected chi connectivity index (χ1v) is 3.03. The second-order valence-corrected chi connectivity index (χ2v) is 2.07. The smallest absolute Gasteiger partial charge is 0.407 e. The standard InChI is InChI=1S/C4H5N5O2/c10-4-5-2(1-11-4)3-6-8-9-7-3/h2H,1H2,(H,5,10)(H,6,7,8,9). The molecule has 0 saturated carbocycles. The van der Waals surface area contributed by atoms with Crippen LogP contribution in [0.3, 0.4) is 0 Å². The third-order valence-electron chi connectivity index (χ3n) is 1.35. The fraction of sp³-hybridized carbons (Fsp3) is 0.500. The molecule has 1 aromatic rings. The number of aromatic amines is 1. The number of ether oxygens (including phenoxy) is 1. The number of H-pyrrole nitrogens is 1. The van der Waals surface area contributed by atoms with Crippen LogP contribution in [0.15, 0.2) is 0 Å². The maximum atomic E-state index is 10.5. The molecule has 7 heteroatoms. The van der Waals surface area contributed by atoms with E-state index in [0.717, 1.165) is 0 Å². The lowest BCUT2D eigenvalue weighted by Crippen LogP contribution is -2.19. The number of nitrogens with one attached hydrogen (secondary N) is 2. The second kappa shape index (κ2) is 2.19. The van der Waals surface area contributed by atoms with Crippen molar-refractivity contribution >= 4 is 6.09 Å². The van der Waals surface area contributed by atoms with E-state index in [1.165, 1.54) is 0 Å². The summed E-state index contributed by atoms with van der Waals surface area (Å²) in [6, 6.07) is -0.263. The molecule has 0 aliphatic carbocycles. The van der Waals surface area contributed by atoms with Gasteiger partial charge in [-0.3, -0.25) is 0 Å². The van der Waals surface area contributed by atoms with Crippen LogP contribution in [0.4, 0.5) is 4.79 Å². The predicted molar refractivity (Wildman–Crippen MR) is 31.4 cm³/mol. The zero-order valence-corrected chi connectivity index (χ0v) is 5.44. The number of alkyl carbamates (subject to hydrolysis) is 1. The van der Waals surface area contributed by atoms with E-state index in [9.17, 15) is 4.79 Å². The van der Waals surface area contributed by atoms with E-state index >= 15 is 0 Å². The van der Waals surface area contributed by atoms with Crippen molar-refractivity contribution in [2.75, 3.05) is 6.61 Å². The van der Waals surface area contributed by atoms with Gasteiger partial charge in [-0.2, -0.15) is 5.21 Å². The Kier molecular flexibility index (Phi) is 1.21. The zero-order valence-electron chi connectivity index (χ0n) is 5.44. The molecule has 58 valence electrons. The van der Waals surface area contributed by atoms with Gasteiger partial charge in [0, 0.05) is 0 Å². The number of carbonyl (C=O) groups is 1. The van der Waals surface area contributed by atoms with Gasteiger partial charge in [0.1, 0.15) is 12.6 Å². The summed E-state index contributed by atoms with van der Waals surface area (Å²) < 4.78 is 4.62. The maximum absolute atomic E-state index is 10.5. The first-order chi connectivity index (χ1) is 5.36. The Labute approximate surface area is 61.1 Å². The summed E-state index contributed by atoms with van der Waals surface area (Å²) in [6.07, 6.45) is -0.445. The molecular weight excluding hydrogens is 150 g/mol. The van der Waals surface area contributed by atoms with Crippen LogP contribution in [0.2, 0.25) is 0 Å². The highest BCUT2D eigenvalue weighted by atomic mass is 16.6. The molecule has 1 atom stereocenters. The number of rotatable bonds is 1. The fourth-order valence-electron chi connectivity index (χ4n) is 0.841. The Bertz CT molecular complexity index is 257. The number of cyclic esters (lactones) is 1. The minimum atomic E-state index is -0.445. The van der Waals surface area contributed by atoms with Crippen molar-refractivity contribution in [2.24, 2.45) is 0 Å². The van der Waals surface area contributed by atoms with Gasteiger partial charge in [-0.25, -0.2) is 4.79 Å². The number of tetrazole rings is 1. The normalized spacial score (nSPS) is 22.9. The third-order valence-corrected chi connectivity index (χ3v) is 1.35. The molecule has 1 unspecified atom stereocenters. The molecule has 0 aromatic carbocycles. The largest absolute Gasteiger partial charge is 0.447 e. The Hall–Kier alpha value is -1.66. The van der Waals surface area contributed by atoms with Crippen molar-refractivity contribution in [3.63, 3.8) is 0 Å². The van der Waals surface area contributed by atoms with Crippen molar-refractivity contribution in [1.82, 2.24) is 25.9 Å². The van der Waals surface area contributed by atoms with Crippen molar-refractivity contribution in [3.8, 4) is 0 Å². The molecule has 11 heavy (non-hydrogen) atoms. The molecule has 2 N–H and O–H groups in total. The molecule has 1 fully saturated rings. The van der Waals surface area contributed by atoms with Gasteiger partial charge in [0.15, 0.2) is 5.82 Å². The molecule has 1 aliphatic rings. The Balaban J connectivity index is 2.13. The van der Waals surface area contributed by atoms with Crippen molar-refractivity contribution in [1.29, 1.82) is 0 Å². The van der Waals surface area contributed by atoms with Crippen LogP contribution < -0.4 is 5.32 Å². The molecule has 0 spiro atoms. The number of nitrogens with zero attached hydrogens (tertiary/aromatic N) is 3. The summed E-state index contributed by atoms with van der Waals surface area (Å²) in [4.78, 5) is 10.5. The van der Waals surface area contributed by atoms with Gasteiger partial charge >= 0.3 is 6.09 Å². The van der Waals surface area contributed by atoms with E-state index in [4.69, 9.17) is 0 Å². The topological polar surface area (TPSA) is 92.8 Å². The van der Waals surface area contributed by atoms with Crippen molar-refractivity contribution < 1.29 is 9.53 Å². The number of hydrogen-bond donors (Lipinski definition) is 2. The van der Waals surface area contributed by atoms with Crippen molar-refractivity contribution in [2.45, 2.75) is 6.04 Å². The van der Waals surface area contributed by atoms with E-state index in [1.54, 1.807) is 0 Å². The molecular formula is C4H5N5O2. The van der Waals surface area contributed by atoms with Crippen LogP contribution in [0.25, 0.3) is 0 Å². The molecule has 0 bridgehead atoms. The Morgan fingerprint density at radius 2 is 2.55 bits per heavy atom. The lowest BCUT2D eigenvalue weighted by atomic mass is 10.3. The van der Waals surface area contributed by atoms with Crippen LogP contribution >= 0.6 is 0 Å². The summed E-state index contributed by atoms with van der Waals surface area (Å²) in [5.41, 5.74) is 0. The van der Waals surface area contributed by atoms with Gasteiger partial charge in [-0.1, -0.05) is 5.21 Å². The predicted octanol–water partition coefficient (Wildman–Crippen LogP) is -1.02. The third kappa shape index (κ3) is 0.997. The minimum Gasteiger partial charge on any atom is -0.447 e. The summed E-state index contributed by atoms with van der Waals surface area (Å²) in [6.45, 7) is 0.262. The van der Waals surface area contributed by atoms with Crippen molar-refractivity contribution in [3.05, 3.63) is 5.82 Å². The first kappa shape index (κ1) is 6.08. The monoisotopic (exact) mass is 155 g/mol. The summed E-state index contributed by atoms with van der Waals surface area (Å²) in [5.74, 6) is 0.441. The second-order valence-electron chi connectivity index (χ2n) is 2.07. The van der Waals surface area contributed by atoms with Crippen LogP contribution in [-0.4, -0.2) is 33.3 Å². The van der Waals surface area contributed by atoms with Crippen LogP contribution in [0.1, 0.15) is 11.9 Å². The van der Waals surface area contributed by atoms with E-state index in [1.807, 2.05) is 0 Å². The lowest BCUT2D eigenvalue weighted by molar-refractivity contribution is 0.176. The van der Waals surface area contributed by atoms with Crippen LogP contribution in [0, 0.1) is 0 Å². The Morgan fingerprint density at radius 3 is 3.09 bits per heavy atom. The van der Waals surface area contributed by atoms with Gasteiger partial charge < -0.3 is 10.1 Å². The molecule has 7 nitrogen and oxygen atoms in total. The number of amides is 1. The van der Waals surface area contributed by atoms with E-state index in [-0.39, 0.29) is 12.6 Å². The quantitative estimate of drug-likeness (QED) is 0.541. The number of aromatic nitrogens is 4. The SMILES string of the molecule is O=C1NC(c2nn[nH]n2)CO1. The molecule has 1 amide bonds. The average Bonchev–Trinajstić information content (AvgIpc) is 2.55. The molecule has 1 aliphatic heterocycles. The molecule has 2 rings (SSSR count). The van der Waals surface area contributed by atoms with Gasteiger partial charge in [0.2, 0.25) is 0 Å². The minimum absolute atomic E-state index is 0.262. The van der Waals surface area contributed by atoms with Gasteiger partial charge in [0.25, 0.3) is 0 Å². The first-order valence-electron chi connectivity index (χ1n) is 3.03. The molecule has 0 radical (unpaired) electrons. The maximum Gasteiger partial charge on any atom is 0.407 e. The average molecular weight is 155 g/mol. The van der Waals surface area contributed by atoms with Gasteiger partial charge in [-0.05, 0) is 0 Å². The summed E-state index contributed by atoms with van der Waals surface area (Å²) in [5, 5.41) is 15.5. The highest BCUT2D eigenvalue weighted by Gasteiger charge is 2.26. The van der Waals surface area contributed by atoms with Crippen LogP contribution in [0.5, 0.6) is 0 Å².